The van der Waals surface area contributed by atoms with Gasteiger partial charge < -0.3 is 0 Å². The summed E-state index contributed by atoms with van der Waals surface area (Å²) in [7, 11) is 0. The van der Waals surface area contributed by atoms with Crippen LogP contribution in [0, 0.1) is 23.7 Å². The van der Waals surface area contributed by atoms with Crippen LogP contribution >= 0.6 is 0 Å². The van der Waals surface area contributed by atoms with E-state index in [9.17, 15) is 0 Å². The highest BCUT2D eigenvalue weighted by molar-refractivity contribution is 4.86. The first-order valence-corrected chi connectivity index (χ1v) is 6.31. The van der Waals surface area contributed by atoms with Crippen LogP contribution in [-0.4, -0.2) is 0 Å². The van der Waals surface area contributed by atoms with E-state index in [0.717, 1.165) is 23.7 Å². The molecule has 0 radical (unpaired) electrons. The highest BCUT2D eigenvalue weighted by Crippen LogP contribution is 2.46. The smallest absolute Gasteiger partial charge is 0.0355 e. The summed E-state index contributed by atoms with van der Waals surface area (Å²) in [4.78, 5) is 0. The van der Waals surface area contributed by atoms with Gasteiger partial charge in [0.15, 0.2) is 0 Å². The zero-order valence-corrected chi connectivity index (χ0v) is 9.26. The third-order valence-electron chi connectivity index (χ3n) is 4.59. The van der Waals surface area contributed by atoms with Crippen molar-refractivity contribution in [3.63, 3.8) is 0 Å². The lowest BCUT2D eigenvalue weighted by Gasteiger charge is -2.43. The number of hydrogen-bond acceptors (Lipinski definition) is 0. The Morgan fingerprint density at radius 2 is 1.92 bits per heavy atom. The fourth-order valence-electron chi connectivity index (χ4n) is 3.79. The first-order chi connectivity index (χ1) is 6.31. The molecule has 2 unspecified atom stereocenters. The highest BCUT2D eigenvalue weighted by Gasteiger charge is 2.35. The van der Waals surface area contributed by atoms with Gasteiger partial charge in [-0.25, -0.2) is 0 Å². The van der Waals surface area contributed by atoms with Crippen LogP contribution < -0.4 is 0 Å². The molecule has 0 aliphatic heterocycles. The third-order valence-corrected chi connectivity index (χ3v) is 4.59. The molecular weight excluding hydrogens is 156 g/mol. The Balaban J connectivity index is 2.01. The summed E-state index contributed by atoms with van der Waals surface area (Å²) >= 11 is 0. The Kier molecular flexibility index (Phi) is 2.96. The van der Waals surface area contributed by atoms with Crippen LogP contribution in [0.2, 0.25) is 0 Å². The van der Waals surface area contributed by atoms with Crippen LogP contribution in [0.3, 0.4) is 0 Å². The molecule has 2 rings (SSSR count). The Morgan fingerprint density at radius 3 is 2.69 bits per heavy atom. The van der Waals surface area contributed by atoms with Crippen molar-refractivity contribution in [3.05, 3.63) is 0 Å². The normalized spacial score (nSPS) is 45.7. The lowest BCUT2D eigenvalue weighted by molar-refractivity contribution is 0.0766. The summed E-state index contributed by atoms with van der Waals surface area (Å²) in [5.41, 5.74) is 0. The highest BCUT2D eigenvalue weighted by atomic mass is 14.4. The van der Waals surface area contributed by atoms with Crippen molar-refractivity contribution in [3.8, 4) is 0 Å². The van der Waals surface area contributed by atoms with Gasteiger partial charge in [-0.2, -0.15) is 0 Å². The molecule has 2 aliphatic carbocycles. The van der Waals surface area contributed by atoms with Crippen molar-refractivity contribution in [2.45, 2.75) is 58.8 Å². The van der Waals surface area contributed by atoms with Gasteiger partial charge in [0.1, 0.15) is 0 Å². The lowest BCUT2D eigenvalue weighted by atomic mass is 9.63. The molecule has 0 nitrogen and oxygen atoms in total. The van der Waals surface area contributed by atoms with E-state index in [1.807, 2.05) is 0 Å². The van der Waals surface area contributed by atoms with E-state index in [1.165, 1.54) is 25.7 Å². The van der Waals surface area contributed by atoms with Gasteiger partial charge in [-0.1, -0.05) is 46.0 Å². The van der Waals surface area contributed by atoms with Gasteiger partial charge in [-0.15, -0.1) is 0 Å². The molecule has 4 atom stereocenters. The second kappa shape index (κ2) is 4.02. The van der Waals surface area contributed by atoms with Crippen LogP contribution in [0.4, 0.5) is 0 Å². The molecule has 0 aromatic rings. The molecule has 0 heteroatoms. The summed E-state index contributed by atoms with van der Waals surface area (Å²) in [5, 5.41) is 0. The Labute approximate surface area is 83.1 Å². The zero-order chi connectivity index (χ0) is 9.26. The van der Waals surface area contributed by atoms with Gasteiger partial charge >= 0.3 is 0 Å². The van der Waals surface area contributed by atoms with Crippen LogP contribution in [0.1, 0.15) is 58.8 Å². The van der Waals surface area contributed by atoms with Gasteiger partial charge in [0.25, 0.3) is 0 Å². The molecule has 0 heterocycles. The second-order valence-electron chi connectivity index (χ2n) is 5.44. The zero-order valence-electron chi connectivity index (χ0n) is 9.26. The molecule has 0 amide bonds. The van der Waals surface area contributed by atoms with Crippen molar-refractivity contribution < 1.29 is 0 Å². The van der Waals surface area contributed by atoms with E-state index in [2.05, 4.69) is 13.8 Å². The molecule has 2 aliphatic rings. The van der Waals surface area contributed by atoms with Gasteiger partial charge in [0, 0.05) is 0 Å². The molecule has 0 spiro atoms. The molecule has 76 valence electrons. The third kappa shape index (κ3) is 1.92. The molecule has 0 N–H and O–H groups in total. The van der Waals surface area contributed by atoms with Crippen LogP contribution in [0.25, 0.3) is 0 Å². The summed E-state index contributed by atoms with van der Waals surface area (Å²) in [6.45, 7) is 4.85. The molecule has 0 aromatic carbocycles. The maximum absolute atomic E-state index is 2.46. The van der Waals surface area contributed by atoms with Crippen LogP contribution in [0.15, 0.2) is 0 Å². The van der Waals surface area contributed by atoms with Gasteiger partial charge in [0.2, 0.25) is 0 Å². The largest absolute Gasteiger partial charge is 0.0651 e. The maximum atomic E-state index is 2.46. The van der Waals surface area contributed by atoms with Gasteiger partial charge in [0.05, 0.1) is 0 Å². The Hall–Kier alpha value is 0. The molecule has 2 saturated carbocycles. The maximum Gasteiger partial charge on any atom is -0.0355 e. The monoisotopic (exact) mass is 180 g/mol. The average Bonchev–Trinajstić information content (AvgIpc) is 2.17. The van der Waals surface area contributed by atoms with Crippen molar-refractivity contribution in [2.75, 3.05) is 0 Å². The molecule has 13 heavy (non-hydrogen) atoms. The minimum Gasteiger partial charge on any atom is -0.0651 e. The molecule has 0 saturated heterocycles. The Bertz CT molecular complexity index is 155. The van der Waals surface area contributed by atoms with Crippen molar-refractivity contribution in [2.24, 2.45) is 23.7 Å². The van der Waals surface area contributed by atoms with E-state index in [0.29, 0.717) is 0 Å². The van der Waals surface area contributed by atoms with Gasteiger partial charge in [-0.3, -0.25) is 0 Å². The number of hydrogen-bond donors (Lipinski definition) is 0. The van der Waals surface area contributed by atoms with Crippen molar-refractivity contribution >= 4 is 0 Å². The van der Waals surface area contributed by atoms with Gasteiger partial charge in [-0.05, 0) is 36.5 Å². The fraction of sp³-hybridized carbons (Fsp3) is 1.00. The fourth-order valence-corrected chi connectivity index (χ4v) is 3.79. The quantitative estimate of drug-likeness (QED) is 0.566. The predicted molar refractivity (Wildman–Crippen MR) is 57.6 cm³/mol. The Morgan fingerprint density at radius 1 is 1.08 bits per heavy atom. The molecular formula is C13H24. The SMILES string of the molecule is CC[C@H]1CCCC2CC[C@@H](C)CC21. The summed E-state index contributed by atoms with van der Waals surface area (Å²) in [5.74, 6) is 4.34. The van der Waals surface area contributed by atoms with Crippen LogP contribution in [0.5, 0.6) is 0 Å². The summed E-state index contributed by atoms with van der Waals surface area (Å²) in [6, 6.07) is 0. The summed E-state index contributed by atoms with van der Waals surface area (Å²) in [6.07, 6.45) is 10.6. The second-order valence-corrected chi connectivity index (χ2v) is 5.44. The minimum atomic E-state index is 1.02. The topological polar surface area (TPSA) is 0 Å². The predicted octanol–water partition coefficient (Wildman–Crippen LogP) is 4.25. The minimum absolute atomic E-state index is 1.02. The molecule has 0 aromatic heterocycles. The molecule has 0 bridgehead atoms. The molecule has 2 fully saturated rings. The summed E-state index contributed by atoms with van der Waals surface area (Å²) < 4.78 is 0. The van der Waals surface area contributed by atoms with E-state index in [4.69, 9.17) is 0 Å². The van der Waals surface area contributed by atoms with E-state index < -0.39 is 0 Å². The van der Waals surface area contributed by atoms with E-state index in [1.54, 1.807) is 19.3 Å². The first-order valence-electron chi connectivity index (χ1n) is 6.31. The lowest BCUT2D eigenvalue weighted by Crippen LogP contribution is -2.33. The standard InChI is InChI=1S/C13H24/c1-3-11-5-4-6-12-8-7-10(2)9-13(11)12/h10-13H,3-9H2,1-2H3/t10-,11+,12?,13?/m1/s1. The van der Waals surface area contributed by atoms with Crippen molar-refractivity contribution in [1.82, 2.24) is 0 Å². The van der Waals surface area contributed by atoms with Crippen molar-refractivity contribution in [1.29, 1.82) is 0 Å². The average molecular weight is 180 g/mol. The number of fused-ring (bicyclic) bond motifs is 1. The van der Waals surface area contributed by atoms with Crippen LogP contribution in [-0.2, 0) is 0 Å². The van der Waals surface area contributed by atoms with E-state index in [-0.39, 0.29) is 0 Å². The number of rotatable bonds is 1. The first kappa shape index (κ1) is 9.55. The van der Waals surface area contributed by atoms with E-state index >= 15 is 0 Å².